The lowest BCUT2D eigenvalue weighted by atomic mass is 10.1. The Morgan fingerprint density at radius 2 is 1.88 bits per heavy atom. The summed E-state index contributed by atoms with van der Waals surface area (Å²) in [6.07, 6.45) is 2.74. The van der Waals surface area contributed by atoms with Crippen LogP contribution in [-0.2, 0) is 22.9 Å². The van der Waals surface area contributed by atoms with Crippen LogP contribution in [0.15, 0.2) is 41.6 Å². The standard InChI is InChI=1S/C20H22ClN7O2S3/c1-2-18-24-25-20(32-18)26-33(29,30)15-5-3-14(4-6-15)11-19(31)28-9-7-27(8-10-28)17-12-16(21)22-13-23-17/h3-6,12-13H,2,7-11H2,1H3,(H,25,26). The van der Waals surface area contributed by atoms with E-state index in [1.807, 2.05) is 6.92 Å². The molecule has 1 N–H and O–H groups in total. The Labute approximate surface area is 206 Å². The number of sulfonamides is 1. The van der Waals surface area contributed by atoms with Gasteiger partial charge in [-0.25, -0.2) is 18.4 Å². The van der Waals surface area contributed by atoms with E-state index in [0.717, 1.165) is 47.6 Å². The summed E-state index contributed by atoms with van der Waals surface area (Å²) >= 11 is 12.8. The van der Waals surface area contributed by atoms with E-state index in [9.17, 15) is 8.42 Å². The highest BCUT2D eigenvalue weighted by atomic mass is 35.5. The average Bonchev–Trinajstić information content (AvgIpc) is 3.26. The third-order valence-electron chi connectivity index (χ3n) is 5.16. The number of thiocarbonyl (C=S) groups is 1. The van der Waals surface area contributed by atoms with E-state index in [1.165, 1.54) is 17.7 Å². The van der Waals surface area contributed by atoms with Crippen LogP contribution in [0.1, 0.15) is 17.5 Å². The fourth-order valence-corrected chi connectivity index (χ4v) is 5.77. The van der Waals surface area contributed by atoms with Crippen LogP contribution < -0.4 is 9.62 Å². The Bertz CT molecular complexity index is 1230. The summed E-state index contributed by atoms with van der Waals surface area (Å²) in [5.41, 5.74) is 0.952. The van der Waals surface area contributed by atoms with Gasteiger partial charge in [0.25, 0.3) is 10.0 Å². The van der Waals surface area contributed by atoms with Crippen molar-refractivity contribution in [1.29, 1.82) is 0 Å². The lowest BCUT2D eigenvalue weighted by Gasteiger charge is -2.36. The number of aromatic nitrogens is 4. The van der Waals surface area contributed by atoms with E-state index in [2.05, 4.69) is 34.7 Å². The van der Waals surface area contributed by atoms with Crippen molar-refractivity contribution in [3.05, 3.63) is 52.4 Å². The zero-order chi connectivity index (χ0) is 23.4. The number of hydrogen-bond acceptors (Lipinski definition) is 9. The van der Waals surface area contributed by atoms with Crippen LogP contribution in [0.4, 0.5) is 10.9 Å². The molecule has 1 fully saturated rings. The van der Waals surface area contributed by atoms with Crippen molar-refractivity contribution in [2.45, 2.75) is 24.7 Å². The molecule has 2 aromatic heterocycles. The van der Waals surface area contributed by atoms with E-state index in [-0.39, 0.29) is 10.0 Å². The maximum Gasteiger partial charge on any atom is 0.263 e. The molecule has 0 aliphatic carbocycles. The Morgan fingerprint density at radius 1 is 1.15 bits per heavy atom. The number of halogens is 1. The topological polar surface area (TPSA) is 104 Å². The van der Waals surface area contributed by atoms with Crippen LogP contribution in [0.5, 0.6) is 0 Å². The second-order valence-electron chi connectivity index (χ2n) is 7.35. The van der Waals surface area contributed by atoms with Gasteiger partial charge in [0, 0.05) is 38.7 Å². The molecule has 1 aliphatic rings. The zero-order valence-corrected chi connectivity index (χ0v) is 21.0. The van der Waals surface area contributed by atoms with Gasteiger partial charge >= 0.3 is 0 Å². The summed E-state index contributed by atoms with van der Waals surface area (Å²) in [5, 5.41) is 9.27. The molecule has 0 unspecified atom stereocenters. The van der Waals surface area contributed by atoms with Crippen LogP contribution in [0.3, 0.4) is 0 Å². The van der Waals surface area contributed by atoms with Crippen molar-refractivity contribution in [1.82, 2.24) is 25.1 Å². The Balaban J connectivity index is 1.32. The molecule has 0 bridgehead atoms. The van der Waals surface area contributed by atoms with Crippen molar-refractivity contribution >= 4 is 61.1 Å². The Hall–Kier alpha value is -2.41. The molecule has 33 heavy (non-hydrogen) atoms. The molecular weight excluding hydrogens is 502 g/mol. The molecule has 0 saturated carbocycles. The van der Waals surface area contributed by atoms with Crippen molar-refractivity contribution in [2.24, 2.45) is 0 Å². The molecule has 0 amide bonds. The first-order valence-electron chi connectivity index (χ1n) is 10.3. The number of nitrogens with one attached hydrogen (secondary N) is 1. The molecule has 1 saturated heterocycles. The molecule has 4 rings (SSSR count). The quantitative estimate of drug-likeness (QED) is 0.369. The minimum Gasteiger partial charge on any atom is -0.362 e. The van der Waals surface area contributed by atoms with Crippen LogP contribution in [0.25, 0.3) is 0 Å². The molecule has 13 heteroatoms. The van der Waals surface area contributed by atoms with Crippen molar-refractivity contribution in [2.75, 3.05) is 35.8 Å². The van der Waals surface area contributed by atoms with E-state index in [4.69, 9.17) is 23.8 Å². The smallest absolute Gasteiger partial charge is 0.263 e. The summed E-state index contributed by atoms with van der Waals surface area (Å²) in [6, 6.07) is 8.50. The highest BCUT2D eigenvalue weighted by molar-refractivity contribution is 7.93. The van der Waals surface area contributed by atoms with Crippen molar-refractivity contribution in [3.8, 4) is 0 Å². The second kappa shape index (κ2) is 10.2. The average molecular weight is 524 g/mol. The number of benzene rings is 1. The van der Waals surface area contributed by atoms with E-state index in [1.54, 1.807) is 30.3 Å². The van der Waals surface area contributed by atoms with Gasteiger partial charge in [-0.3, -0.25) is 4.72 Å². The molecular formula is C20H22ClN7O2S3. The summed E-state index contributed by atoms with van der Waals surface area (Å²) in [5.74, 6) is 0.811. The van der Waals surface area contributed by atoms with Crippen molar-refractivity contribution in [3.63, 3.8) is 0 Å². The lowest BCUT2D eigenvalue weighted by Crippen LogP contribution is -2.49. The van der Waals surface area contributed by atoms with E-state index >= 15 is 0 Å². The fraction of sp³-hybridized carbons (Fsp3) is 0.350. The first-order valence-corrected chi connectivity index (χ1v) is 13.4. The van der Waals surface area contributed by atoms with Crippen LogP contribution >= 0.6 is 35.2 Å². The van der Waals surface area contributed by atoms with Crippen molar-refractivity contribution < 1.29 is 8.42 Å². The molecule has 1 aromatic carbocycles. The lowest BCUT2D eigenvalue weighted by molar-refractivity contribution is 0.385. The molecule has 1 aliphatic heterocycles. The number of aryl methyl sites for hydroxylation is 1. The number of rotatable bonds is 7. The SMILES string of the molecule is CCc1nnc(NS(=O)(=O)c2ccc(CC(=S)N3CCN(c4cc(Cl)ncn4)CC3)cc2)s1. The first kappa shape index (κ1) is 23.7. The zero-order valence-electron chi connectivity index (χ0n) is 17.8. The highest BCUT2D eigenvalue weighted by Gasteiger charge is 2.21. The monoisotopic (exact) mass is 523 g/mol. The summed E-state index contributed by atoms with van der Waals surface area (Å²) < 4.78 is 27.7. The maximum absolute atomic E-state index is 12.6. The number of piperazine rings is 1. The maximum atomic E-state index is 12.6. The third kappa shape index (κ3) is 5.94. The minimum atomic E-state index is -3.72. The predicted octanol–water partition coefficient (Wildman–Crippen LogP) is 3.04. The molecule has 9 nitrogen and oxygen atoms in total. The Morgan fingerprint density at radius 3 is 2.52 bits per heavy atom. The fourth-order valence-electron chi connectivity index (χ4n) is 3.37. The molecule has 174 valence electrons. The van der Waals surface area contributed by atoms with Crippen LogP contribution in [0, 0.1) is 0 Å². The molecule has 0 spiro atoms. The van der Waals surface area contributed by atoms with Gasteiger partial charge in [-0.1, -0.05) is 54.2 Å². The normalized spacial score (nSPS) is 14.4. The first-order chi connectivity index (χ1) is 15.8. The highest BCUT2D eigenvalue weighted by Crippen LogP contribution is 2.21. The third-order valence-corrected chi connectivity index (χ3v) is 8.23. The van der Waals surface area contributed by atoms with Gasteiger partial charge in [0.2, 0.25) is 5.13 Å². The largest absolute Gasteiger partial charge is 0.362 e. The second-order valence-corrected chi connectivity index (χ2v) is 11.0. The van der Waals surface area contributed by atoms with Gasteiger partial charge in [0.1, 0.15) is 22.3 Å². The molecule has 3 heterocycles. The van der Waals surface area contributed by atoms with Gasteiger partial charge in [-0.2, -0.15) is 0 Å². The van der Waals surface area contributed by atoms with Gasteiger partial charge in [0.15, 0.2) is 0 Å². The predicted molar refractivity (Wildman–Crippen MR) is 134 cm³/mol. The van der Waals surface area contributed by atoms with Crippen LogP contribution in [-0.4, -0.2) is 64.7 Å². The molecule has 0 radical (unpaired) electrons. The molecule has 3 aromatic rings. The van der Waals surface area contributed by atoms with Gasteiger partial charge in [0.05, 0.1) is 9.88 Å². The van der Waals surface area contributed by atoms with Gasteiger partial charge in [-0.05, 0) is 24.1 Å². The van der Waals surface area contributed by atoms with E-state index < -0.39 is 10.0 Å². The molecule has 0 atom stereocenters. The number of anilines is 2. The van der Waals surface area contributed by atoms with Gasteiger partial charge in [-0.15, -0.1) is 10.2 Å². The van der Waals surface area contributed by atoms with E-state index in [0.29, 0.717) is 18.0 Å². The van der Waals surface area contributed by atoms with Gasteiger partial charge < -0.3 is 9.80 Å². The van der Waals surface area contributed by atoms with Crippen LogP contribution in [0.2, 0.25) is 5.15 Å². The number of hydrogen-bond donors (Lipinski definition) is 1. The number of nitrogens with zero attached hydrogens (tertiary/aromatic N) is 6. The Kier molecular flexibility index (Phi) is 7.37. The summed E-state index contributed by atoms with van der Waals surface area (Å²) in [4.78, 5) is 13.5. The summed E-state index contributed by atoms with van der Waals surface area (Å²) in [7, 11) is -3.72. The summed E-state index contributed by atoms with van der Waals surface area (Å²) in [6.45, 7) is 5.05. The minimum absolute atomic E-state index is 0.169.